The summed E-state index contributed by atoms with van der Waals surface area (Å²) >= 11 is 0. The Balaban J connectivity index is 1.41. The van der Waals surface area contributed by atoms with Crippen molar-refractivity contribution in [1.29, 1.82) is 0 Å². The maximum atomic E-state index is 14.2. The van der Waals surface area contributed by atoms with Gasteiger partial charge in [0.2, 0.25) is 0 Å². The molecule has 3 rings (SSSR count). The highest BCUT2D eigenvalue weighted by Crippen LogP contribution is 2.30. The van der Waals surface area contributed by atoms with E-state index in [-0.39, 0.29) is 35.1 Å². The molecule has 1 heterocycles. The first kappa shape index (κ1) is 24.8. The lowest BCUT2D eigenvalue weighted by Gasteiger charge is -2.36. The highest BCUT2D eigenvalue weighted by Gasteiger charge is 2.30. The summed E-state index contributed by atoms with van der Waals surface area (Å²) in [5.74, 6) is -0.584. The van der Waals surface area contributed by atoms with Crippen LogP contribution < -0.4 is 4.74 Å². The van der Waals surface area contributed by atoms with Gasteiger partial charge in [0, 0.05) is 19.3 Å². The van der Waals surface area contributed by atoms with Crippen molar-refractivity contribution >= 4 is 15.9 Å². The van der Waals surface area contributed by atoms with Crippen molar-refractivity contribution in [3.8, 4) is 5.75 Å². The second kappa shape index (κ2) is 9.95. The zero-order valence-corrected chi connectivity index (χ0v) is 20.1. The summed E-state index contributed by atoms with van der Waals surface area (Å²) in [6.07, 6.45) is 5.60. The van der Waals surface area contributed by atoms with Crippen molar-refractivity contribution < 1.29 is 31.8 Å². The predicted octanol–water partition coefficient (Wildman–Crippen LogP) is 4.34. The van der Waals surface area contributed by atoms with Crippen LogP contribution in [0, 0.1) is 5.82 Å². The fourth-order valence-corrected chi connectivity index (χ4v) is 4.68. The normalized spacial score (nSPS) is 23.1. The molecule has 32 heavy (non-hydrogen) atoms. The molecule has 0 unspecified atom stereocenters. The summed E-state index contributed by atoms with van der Waals surface area (Å²) in [7, 11) is -3.45. The van der Waals surface area contributed by atoms with Crippen LogP contribution in [0.3, 0.4) is 0 Å². The molecule has 1 aliphatic heterocycles. The van der Waals surface area contributed by atoms with Gasteiger partial charge in [-0.3, -0.25) is 0 Å². The van der Waals surface area contributed by atoms with Crippen LogP contribution in [0.15, 0.2) is 23.1 Å². The molecule has 1 aromatic carbocycles. The molecule has 0 radical (unpaired) electrons. The van der Waals surface area contributed by atoms with Gasteiger partial charge in [-0.2, -0.15) is 0 Å². The molecule has 180 valence electrons. The van der Waals surface area contributed by atoms with E-state index in [9.17, 15) is 17.6 Å². The number of piperidine rings is 1. The number of benzene rings is 1. The second-order valence-corrected chi connectivity index (χ2v) is 11.7. The number of amides is 1. The fourth-order valence-electron chi connectivity index (χ4n) is 4.05. The molecule has 0 bridgehead atoms. The lowest BCUT2D eigenvalue weighted by molar-refractivity contribution is -0.0677. The van der Waals surface area contributed by atoms with E-state index in [2.05, 4.69) is 0 Å². The average molecular weight is 472 g/mol. The zero-order chi connectivity index (χ0) is 23.5. The van der Waals surface area contributed by atoms with Gasteiger partial charge >= 0.3 is 6.09 Å². The van der Waals surface area contributed by atoms with Gasteiger partial charge in [0.05, 0.1) is 23.2 Å². The summed E-state index contributed by atoms with van der Waals surface area (Å²) < 4.78 is 54.8. The molecule has 1 amide bonds. The number of carbonyl (C=O) groups is 1. The van der Waals surface area contributed by atoms with Crippen molar-refractivity contribution in [2.75, 3.05) is 19.3 Å². The minimum Gasteiger partial charge on any atom is -0.487 e. The van der Waals surface area contributed by atoms with E-state index in [0.717, 1.165) is 50.8 Å². The van der Waals surface area contributed by atoms with Gasteiger partial charge in [-0.15, -0.1) is 0 Å². The third-order valence-electron chi connectivity index (χ3n) is 5.72. The first-order valence-corrected chi connectivity index (χ1v) is 13.1. The molecule has 2 fully saturated rings. The summed E-state index contributed by atoms with van der Waals surface area (Å²) in [4.78, 5) is 13.9. The number of hydrogen-bond donors (Lipinski definition) is 0. The number of sulfone groups is 1. The predicted molar refractivity (Wildman–Crippen MR) is 118 cm³/mol. The van der Waals surface area contributed by atoms with Gasteiger partial charge < -0.3 is 19.1 Å². The summed E-state index contributed by atoms with van der Waals surface area (Å²) in [6.45, 7) is 6.83. The number of ether oxygens (including phenoxy) is 3. The van der Waals surface area contributed by atoms with Crippen molar-refractivity contribution in [2.45, 2.75) is 88.1 Å². The van der Waals surface area contributed by atoms with E-state index in [1.165, 1.54) is 12.1 Å². The SMILES string of the molecule is CC(C)(C)OC(=O)N1CCC(O[C@H]2CC[C@@H](Oc3ccc(S(C)(=O)=O)cc3F)CC2)CC1. The molecule has 1 aromatic rings. The molecule has 0 atom stereocenters. The van der Waals surface area contributed by atoms with Gasteiger partial charge in [0.1, 0.15) is 5.60 Å². The molecule has 0 spiro atoms. The highest BCUT2D eigenvalue weighted by molar-refractivity contribution is 7.90. The number of nitrogens with zero attached hydrogens (tertiary/aromatic N) is 1. The van der Waals surface area contributed by atoms with E-state index in [4.69, 9.17) is 14.2 Å². The van der Waals surface area contributed by atoms with E-state index in [1.807, 2.05) is 20.8 Å². The molecule has 1 saturated heterocycles. The topological polar surface area (TPSA) is 82.1 Å². The minimum atomic E-state index is -3.45. The third-order valence-corrected chi connectivity index (χ3v) is 6.84. The number of hydrogen-bond acceptors (Lipinski definition) is 6. The van der Waals surface area contributed by atoms with E-state index < -0.39 is 21.3 Å². The molecule has 9 heteroatoms. The Morgan fingerprint density at radius 3 is 2.09 bits per heavy atom. The van der Waals surface area contributed by atoms with Crippen LogP contribution >= 0.6 is 0 Å². The Hall–Kier alpha value is -1.87. The largest absolute Gasteiger partial charge is 0.487 e. The maximum absolute atomic E-state index is 14.2. The molecular weight excluding hydrogens is 437 g/mol. The molecule has 1 saturated carbocycles. The summed E-state index contributed by atoms with van der Waals surface area (Å²) in [6, 6.07) is 3.75. The quantitative estimate of drug-likeness (QED) is 0.636. The minimum absolute atomic E-state index is 0.0582. The van der Waals surface area contributed by atoms with Crippen LogP contribution in [-0.2, 0) is 19.3 Å². The van der Waals surface area contributed by atoms with Crippen molar-refractivity contribution in [3.05, 3.63) is 24.0 Å². The van der Waals surface area contributed by atoms with Crippen molar-refractivity contribution in [1.82, 2.24) is 4.90 Å². The third kappa shape index (κ3) is 7.07. The van der Waals surface area contributed by atoms with Gasteiger partial charge in [-0.1, -0.05) is 0 Å². The molecule has 7 nitrogen and oxygen atoms in total. The van der Waals surface area contributed by atoms with Gasteiger partial charge in [0.25, 0.3) is 0 Å². The van der Waals surface area contributed by atoms with Crippen LogP contribution in [0.1, 0.15) is 59.3 Å². The van der Waals surface area contributed by atoms with Gasteiger partial charge in [-0.05, 0) is 77.5 Å². The number of halogens is 1. The fraction of sp³-hybridized carbons (Fsp3) is 0.696. The molecule has 2 aliphatic rings. The Labute approximate surface area is 190 Å². The van der Waals surface area contributed by atoms with Crippen molar-refractivity contribution in [2.24, 2.45) is 0 Å². The average Bonchev–Trinajstić information content (AvgIpc) is 2.69. The summed E-state index contributed by atoms with van der Waals surface area (Å²) in [5.41, 5.74) is -0.496. The van der Waals surface area contributed by atoms with Crippen LogP contribution in [0.25, 0.3) is 0 Å². The summed E-state index contributed by atoms with van der Waals surface area (Å²) in [5, 5.41) is 0. The van der Waals surface area contributed by atoms with E-state index in [1.54, 1.807) is 4.90 Å². The van der Waals surface area contributed by atoms with Crippen LogP contribution in [0.2, 0.25) is 0 Å². The Bertz CT molecular complexity index is 898. The van der Waals surface area contributed by atoms with Crippen molar-refractivity contribution in [3.63, 3.8) is 0 Å². The lowest BCUT2D eigenvalue weighted by atomic mass is 9.94. The Morgan fingerprint density at radius 1 is 1.00 bits per heavy atom. The Morgan fingerprint density at radius 2 is 1.56 bits per heavy atom. The second-order valence-electron chi connectivity index (χ2n) is 9.68. The van der Waals surface area contributed by atoms with Gasteiger partial charge in [0.15, 0.2) is 21.4 Å². The molecule has 0 aromatic heterocycles. The first-order valence-electron chi connectivity index (χ1n) is 11.2. The standard InChI is InChI=1S/C23H34FNO6S/c1-23(2,3)31-22(26)25-13-11-18(12-14-25)29-16-5-7-17(8-6-16)30-21-10-9-19(15-20(21)24)32(4,27)28/h9-10,15-18H,5-8,11-14H2,1-4H3/t16-,17+. The zero-order valence-electron chi connectivity index (χ0n) is 19.3. The molecule has 1 aliphatic carbocycles. The van der Waals surface area contributed by atoms with E-state index in [0.29, 0.717) is 13.1 Å². The first-order chi connectivity index (χ1) is 14.9. The maximum Gasteiger partial charge on any atom is 0.410 e. The number of carbonyl (C=O) groups excluding carboxylic acids is 1. The highest BCUT2D eigenvalue weighted by atomic mass is 32.2. The van der Waals surface area contributed by atoms with Crippen LogP contribution in [0.4, 0.5) is 9.18 Å². The molecule has 0 N–H and O–H groups in total. The van der Waals surface area contributed by atoms with Gasteiger partial charge in [-0.25, -0.2) is 17.6 Å². The molecular formula is C23H34FNO6S. The lowest BCUT2D eigenvalue weighted by Crippen LogP contribution is -2.44. The van der Waals surface area contributed by atoms with Crippen LogP contribution in [-0.4, -0.2) is 62.7 Å². The monoisotopic (exact) mass is 471 g/mol. The Kier molecular flexibility index (Phi) is 7.70. The smallest absolute Gasteiger partial charge is 0.410 e. The van der Waals surface area contributed by atoms with Crippen LogP contribution in [0.5, 0.6) is 5.75 Å². The van der Waals surface area contributed by atoms with E-state index >= 15 is 0 Å². The number of rotatable bonds is 5. The number of likely N-dealkylation sites (tertiary alicyclic amines) is 1.